The molecule has 0 amide bonds. The van der Waals surface area contributed by atoms with Gasteiger partial charge in [-0.3, -0.25) is 0 Å². The van der Waals surface area contributed by atoms with Gasteiger partial charge in [0.2, 0.25) is 0 Å². The van der Waals surface area contributed by atoms with Crippen molar-refractivity contribution in [3.63, 3.8) is 0 Å². The Morgan fingerprint density at radius 3 is 3.27 bits per heavy atom. The molecule has 55 valence electrons. The van der Waals surface area contributed by atoms with Gasteiger partial charge in [-0.2, -0.15) is 12.1 Å². The van der Waals surface area contributed by atoms with Crippen LogP contribution in [0.3, 0.4) is 0 Å². The predicted molar refractivity (Wildman–Crippen MR) is 39.3 cm³/mol. The molecule has 1 radical (unpaired) electrons. The summed E-state index contributed by atoms with van der Waals surface area (Å²) in [4.78, 5) is 0. The van der Waals surface area contributed by atoms with E-state index in [-0.39, 0.29) is 32.7 Å². The van der Waals surface area contributed by atoms with E-state index < -0.39 is 0 Å². The van der Waals surface area contributed by atoms with Gasteiger partial charge in [-0.05, 0) is 5.69 Å². The summed E-state index contributed by atoms with van der Waals surface area (Å²) in [7, 11) is 0. The first-order valence-corrected chi connectivity index (χ1v) is 3.33. The maximum Gasteiger partial charge on any atom is 0.0887 e. The second-order valence-corrected chi connectivity index (χ2v) is 2.20. The number of nitrogens with one attached hydrogen (secondary N) is 1. The second kappa shape index (κ2) is 4.08. The van der Waals surface area contributed by atoms with Crippen LogP contribution < -0.4 is 10.1 Å². The average Bonchev–Trinajstić information content (AvgIpc) is 2.05. The normalized spacial score (nSPS) is 13.5. The Morgan fingerprint density at radius 1 is 1.55 bits per heavy atom. The molecule has 0 saturated carbocycles. The molecule has 1 N–H and O–H groups in total. The van der Waals surface area contributed by atoms with Crippen molar-refractivity contribution in [3.05, 3.63) is 24.3 Å². The maximum absolute atomic E-state index is 5.33. The van der Waals surface area contributed by atoms with Gasteiger partial charge in [0, 0.05) is 45.0 Å². The number of anilines is 1. The molecule has 0 unspecified atom stereocenters. The van der Waals surface area contributed by atoms with Crippen molar-refractivity contribution in [2.45, 2.75) is 0 Å². The van der Waals surface area contributed by atoms with Gasteiger partial charge >= 0.3 is 0 Å². The summed E-state index contributed by atoms with van der Waals surface area (Å²) in [5.41, 5.74) is 1.07. The zero-order valence-corrected chi connectivity index (χ0v) is 8.97. The van der Waals surface area contributed by atoms with Crippen LogP contribution in [0.15, 0.2) is 18.2 Å². The van der Waals surface area contributed by atoms with Crippen LogP contribution in [-0.4, -0.2) is 13.2 Å². The Balaban J connectivity index is 0.000000605. The summed E-state index contributed by atoms with van der Waals surface area (Å²) >= 11 is 0. The Bertz CT molecular complexity index is 214. The third-order valence-corrected chi connectivity index (χ3v) is 1.50. The first-order chi connectivity index (χ1) is 4.97. The summed E-state index contributed by atoms with van der Waals surface area (Å²) in [5, 5.41) is 3.22. The minimum absolute atomic E-state index is 0. The van der Waals surface area contributed by atoms with Crippen molar-refractivity contribution in [1.82, 2.24) is 0 Å². The molecule has 2 rings (SSSR count). The summed E-state index contributed by atoms with van der Waals surface area (Å²) < 4.78 is 5.33. The molecule has 0 aromatic heterocycles. The molecule has 0 fully saturated rings. The molecule has 0 spiro atoms. The molecule has 11 heavy (non-hydrogen) atoms. The van der Waals surface area contributed by atoms with Crippen LogP contribution in [0.2, 0.25) is 0 Å². The van der Waals surface area contributed by atoms with Crippen molar-refractivity contribution in [1.29, 1.82) is 0 Å². The third kappa shape index (κ3) is 1.94. The number of hydrogen-bond donors (Lipinski definition) is 1. The van der Waals surface area contributed by atoms with Crippen LogP contribution in [-0.2, 0) is 32.7 Å². The average molecular weight is 223 g/mol. The van der Waals surface area contributed by atoms with Gasteiger partial charge in [-0.1, -0.05) is 0 Å². The van der Waals surface area contributed by atoms with Gasteiger partial charge in [0.1, 0.15) is 0 Å². The van der Waals surface area contributed by atoms with Gasteiger partial charge in [0.15, 0.2) is 0 Å². The van der Waals surface area contributed by atoms with Gasteiger partial charge in [0.25, 0.3) is 0 Å². The number of fused-ring (bicyclic) bond motifs is 1. The summed E-state index contributed by atoms with van der Waals surface area (Å²) in [6, 6.07) is 8.65. The Morgan fingerprint density at radius 2 is 2.45 bits per heavy atom. The van der Waals surface area contributed by atoms with Crippen LogP contribution in [0.4, 0.5) is 5.69 Å². The number of rotatable bonds is 0. The second-order valence-electron chi connectivity index (χ2n) is 2.20. The summed E-state index contributed by atoms with van der Waals surface area (Å²) in [6.45, 7) is 1.65. The minimum atomic E-state index is 0. The molecular weight excluding hydrogens is 215 g/mol. The van der Waals surface area contributed by atoms with Gasteiger partial charge in [-0.25, -0.2) is 0 Å². The summed E-state index contributed by atoms with van der Waals surface area (Å²) in [6.07, 6.45) is 0. The van der Waals surface area contributed by atoms with E-state index in [4.69, 9.17) is 4.74 Å². The molecule has 1 aromatic carbocycles. The van der Waals surface area contributed by atoms with E-state index >= 15 is 0 Å². The maximum atomic E-state index is 5.33. The van der Waals surface area contributed by atoms with E-state index in [9.17, 15) is 0 Å². The molecule has 1 heterocycles. The van der Waals surface area contributed by atoms with Crippen LogP contribution in [0.5, 0.6) is 5.75 Å². The number of benzene rings is 1. The molecule has 0 saturated heterocycles. The van der Waals surface area contributed by atoms with Crippen molar-refractivity contribution < 1.29 is 37.4 Å². The van der Waals surface area contributed by atoms with Crippen molar-refractivity contribution in [3.8, 4) is 5.75 Å². The smallest absolute Gasteiger partial charge is 0.0887 e. The molecule has 0 atom stereocenters. The van der Waals surface area contributed by atoms with E-state index in [0.717, 1.165) is 24.6 Å². The summed E-state index contributed by atoms with van der Waals surface area (Å²) in [5.74, 6) is 0.911. The first kappa shape index (κ1) is 9.02. The van der Waals surface area contributed by atoms with E-state index in [1.54, 1.807) is 0 Å². The molecule has 1 aliphatic rings. The predicted octanol–water partition coefficient (Wildman–Crippen LogP) is 1.29. The molecule has 1 aliphatic heterocycles. The van der Waals surface area contributed by atoms with E-state index in [2.05, 4.69) is 11.4 Å². The molecule has 1 aromatic rings. The molecule has 0 aliphatic carbocycles. The fourth-order valence-corrected chi connectivity index (χ4v) is 1.03. The van der Waals surface area contributed by atoms with Gasteiger partial charge in [0.05, 0.1) is 6.61 Å². The largest absolute Gasteiger partial charge is 0.547 e. The van der Waals surface area contributed by atoms with Crippen LogP contribution in [0.1, 0.15) is 0 Å². The minimum Gasteiger partial charge on any atom is -0.547 e. The molecule has 0 bridgehead atoms. The van der Waals surface area contributed by atoms with Crippen molar-refractivity contribution in [2.75, 3.05) is 18.5 Å². The van der Waals surface area contributed by atoms with Crippen LogP contribution in [0.25, 0.3) is 0 Å². The van der Waals surface area contributed by atoms with Crippen LogP contribution in [0, 0.1) is 6.07 Å². The van der Waals surface area contributed by atoms with E-state index in [0.29, 0.717) is 0 Å². The Labute approximate surface area is 91.2 Å². The fraction of sp³-hybridized carbons (Fsp3) is 0.250. The zero-order chi connectivity index (χ0) is 6.81. The first-order valence-electron chi connectivity index (χ1n) is 3.33. The van der Waals surface area contributed by atoms with E-state index in [1.165, 1.54) is 0 Å². The molecular formula is C8H8NOY-. The van der Waals surface area contributed by atoms with Crippen molar-refractivity contribution in [2.24, 2.45) is 0 Å². The SMILES string of the molecule is [Y].[c-]1ccc2c(c1)OCCN2. The monoisotopic (exact) mass is 223 g/mol. The Hall–Kier alpha value is -0.0761. The Kier molecular flexibility index (Phi) is 3.34. The topological polar surface area (TPSA) is 21.3 Å². The van der Waals surface area contributed by atoms with Crippen LogP contribution >= 0.6 is 0 Å². The van der Waals surface area contributed by atoms with E-state index in [1.807, 2.05) is 18.2 Å². The zero-order valence-electron chi connectivity index (χ0n) is 6.13. The quantitative estimate of drug-likeness (QED) is 0.669. The number of hydrogen-bond acceptors (Lipinski definition) is 2. The number of ether oxygens (including phenoxy) is 1. The molecule has 2 nitrogen and oxygen atoms in total. The third-order valence-electron chi connectivity index (χ3n) is 1.50. The molecule has 3 heteroatoms. The van der Waals surface area contributed by atoms with Crippen molar-refractivity contribution >= 4 is 5.69 Å². The standard InChI is InChI=1S/C8H8NO.Y/c1-2-4-8-7(3-1)9-5-6-10-8;/h1,3-4,9H,5-6H2;/q-1;. The van der Waals surface area contributed by atoms with Gasteiger partial charge in [-0.15, -0.1) is 12.1 Å². The fourth-order valence-electron chi connectivity index (χ4n) is 1.03. The van der Waals surface area contributed by atoms with Gasteiger partial charge < -0.3 is 10.1 Å².